The van der Waals surface area contributed by atoms with Gasteiger partial charge in [0, 0.05) is 42.1 Å². The van der Waals surface area contributed by atoms with Crippen LogP contribution in [0.15, 0.2) is 41.8 Å². The molecule has 3 aromatic rings. The molecular weight excluding hydrogens is 347 g/mol. The van der Waals surface area contributed by atoms with E-state index in [9.17, 15) is 13.2 Å². The first-order valence-corrected chi connectivity index (χ1v) is 9.09. The minimum atomic E-state index is -4.38. The molecule has 0 saturated carbocycles. The van der Waals surface area contributed by atoms with Crippen LogP contribution in [-0.4, -0.2) is 30.7 Å². The standard InChI is InChI=1S/C18H18F3N3S/c19-18(20,21)17-11-14-15(23-8-6-22-7-9-23)4-1-5-16(14)24(17)12-13-3-2-10-25-13/h1-5,10-11,22H,6-9,12H2. The predicted octanol–water partition coefficient (Wildman–Crippen LogP) is 4.18. The number of fused-ring (bicyclic) bond motifs is 1. The van der Waals surface area contributed by atoms with Gasteiger partial charge in [-0.2, -0.15) is 13.2 Å². The minimum absolute atomic E-state index is 0.237. The third kappa shape index (κ3) is 3.14. The molecule has 0 unspecified atom stereocenters. The minimum Gasteiger partial charge on any atom is -0.368 e. The summed E-state index contributed by atoms with van der Waals surface area (Å²) in [4.78, 5) is 3.07. The van der Waals surface area contributed by atoms with Crippen molar-refractivity contribution >= 4 is 27.9 Å². The molecule has 0 amide bonds. The molecule has 3 nitrogen and oxygen atoms in total. The fourth-order valence-corrected chi connectivity index (χ4v) is 4.11. The molecule has 1 aliphatic heterocycles. The summed E-state index contributed by atoms with van der Waals surface area (Å²) in [5.74, 6) is 0. The third-order valence-corrected chi connectivity index (χ3v) is 5.43. The molecule has 7 heteroatoms. The third-order valence-electron chi connectivity index (χ3n) is 4.56. The van der Waals surface area contributed by atoms with Crippen molar-refractivity contribution in [1.82, 2.24) is 9.88 Å². The van der Waals surface area contributed by atoms with Crippen LogP contribution in [0.3, 0.4) is 0 Å². The van der Waals surface area contributed by atoms with Gasteiger partial charge >= 0.3 is 6.18 Å². The molecule has 1 N–H and O–H groups in total. The van der Waals surface area contributed by atoms with Gasteiger partial charge in [0.25, 0.3) is 0 Å². The Bertz CT molecular complexity index is 862. The fourth-order valence-electron chi connectivity index (χ4n) is 3.41. The Labute approximate surface area is 147 Å². The van der Waals surface area contributed by atoms with Crippen molar-refractivity contribution in [3.63, 3.8) is 0 Å². The van der Waals surface area contributed by atoms with Gasteiger partial charge < -0.3 is 14.8 Å². The van der Waals surface area contributed by atoms with E-state index in [4.69, 9.17) is 0 Å². The number of piperazine rings is 1. The van der Waals surface area contributed by atoms with E-state index in [2.05, 4.69) is 10.2 Å². The van der Waals surface area contributed by atoms with Gasteiger partial charge in [0.15, 0.2) is 0 Å². The number of thiophene rings is 1. The summed E-state index contributed by atoms with van der Waals surface area (Å²) in [5, 5.41) is 5.84. The molecule has 0 bridgehead atoms. The summed E-state index contributed by atoms with van der Waals surface area (Å²) in [7, 11) is 0. The van der Waals surface area contributed by atoms with Crippen LogP contribution in [0.25, 0.3) is 10.9 Å². The Kier molecular flexibility index (Phi) is 4.21. The quantitative estimate of drug-likeness (QED) is 0.751. The normalized spacial score (nSPS) is 15.9. The van der Waals surface area contributed by atoms with Gasteiger partial charge in [0.2, 0.25) is 0 Å². The summed E-state index contributed by atoms with van der Waals surface area (Å²) in [6, 6.07) is 10.6. The number of aromatic nitrogens is 1. The van der Waals surface area contributed by atoms with Crippen molar-refractivity contribution in [3.05, 3.63) is 52.3 Å². The number of alkyl halides is 3. The van der Waals surface area contributed by atoms with Gasteiger partial charge in [-0.3, -0.25) is 0 Å². The molecule has 4 rings (SSSR count). The molecule has 25 heavy (non-hydrogen) atoms. The van der Waals surface area contributed by atoms with Crippen LogP contribution in [0.4, 0.5) is 18.9 Å². The SMILES string of the molecule is FC(F)(F)c1cc2c(N3CCNCC3)cccc2n1Cc1cccs1. The van der Waals surface area contributed by atoms with Gasteiger partial charge in [-0.1, -0.05) is 12.1 Å². The second-order valence-corrected chi connectivity index (χ2v) is 7.17. The Morgan fingerprint density at radius 3 is 2.56 bits per heavy atom. The zero-order valence-electron chi connectivity index (χ0n) is 13.5. The zero-order chi connectivity index (χ0) is 17.4. The van der Waals surface area contributed by atoms with Crippen LogP contribution in [0.5, 0.6) is 0 Å². The predicted molar refractivity (Wildman–Crippen MR) is 95.4 cm³/mol. The van der Waals surface area contributed by atoms with Crippen LogP contribution in [-0.2, 0) is 12.7 Å². The van der Waals surface area contributed by atoms with Crippen molar-refractivity contribution in [1.29, 1.82) is 0 Å². The molecule has 1 saturated heterocycles. The number of benzene rings is 1. The van der Waals surface area contributed by atoms with Gasteiger partial charge in [0.05, 0.1) is 12.1 Å². The van der Waals surface area contributed by atoms with Crippen molar-refractivity contribution in [2.24, 2.45) is 0 Å². The second-order valence-electron chi connectivity index (χ2n) is 6.14. The number of nitrogens with zero attached hydrogens (tertiary/aromatic N) is 2. The van der Waals surface area contributed by atoms with E-state index >= 15 is 0 Å². The van der Waals surface area contributed by atoms with Gasteiger partial charge in [-0.15, -0.1) is 11.3 Å². The lowest BCUT2D eigenvalue weighted by molar-refractivity contribution is -0.143. The first kappa shape index (κ1) is 16.5. The molecule has 0 atom stereocenters. The van der Waals surface area contributed by atoms with E-state index in [0.717, 1.165) is 36.7 Å². The van der Waals surface area contributed by atoms with Crippen molar-refractivity contribution in [2.75, 3.05) is 31.1 Å². The van der Waals surface area contributed by atoms with Gasteiger partial charge in [-0.05, 0) is 29.6 Å². The largest absolute Gasteiger partial charge is 0.431 e. The van der Waals surface area contributed by atoms with Gasteiger partial charge in [-0.25, -0.2) is 0 Å². The molecule has 0 radical (unpaired) electrons. The average Bonchev–Trinajstić information content (AvgIpc) is 3.23. The average molecular weight is 365 g/mol. The summed E-state index contributed by atoms with van der Waals surface area (Å²) < 4.78 is 42.3. The van der Waals surface area contributed by atoms with Gasteiger partial charge in [0.1, 0.15) is 5.69 Å². The number of hydrogen-bond donors (Lipinski definition) is 1. The van der Waals surface area contributed by atoms with E-state index < -0.39 is 11.9 Å². The lowest BCUT2D eigenvalue weighted by atomic mass is 10.1. The molecule has 0 spiro atoms. The first-order chi connectivity index (χ1) is 12.0. The second kappa shape index (κ2) is 6.38. The van der Waals surface area contributed by atoms with Crippen LogP contribution < -0.4 is 10.2 Å². The first-order valence-electron chi connectivity index (χ1n) is 8.21. The number of anilines is 1. The Balaban J connectivity index is 1.86. The summed E-state index contributed by atoms with van der Waals surface area (Å²) >= 11 is 1.47. The van der Waals surface area contributed by atoms with Crippen molar-refractivity contribution in [2.45, 2.75) is 12.7 Å². The number of nitrogens with one attached hydrogen (secondary N) is 1. The number of halogens is 3. The van der Waals surface area contributed by atoms with Crippen LogP contribution in [0.2, 0.25) is 0 Å². The molecule has 1 aliphatic rings. The Morgan fingerprint density at radius 2 is 1.88 bits per heavy atom. The van der Waals surface area contributed by atoms with E-state index in [1.54, 1.807) is 6.07 Å². The summed E-state index contributed by atoms with van der Waals surface area (Å²) in [6.07, 6.45) is -4.38. The van der Waals surface area contributed by atoms with E-state index in [-0.39, 0.29) is 6.54 Å². The van der Waals surface area contributed by atoms with E-state index in [1.165, 1.54) is 22.0 Å². The molecule has 1 aromatic carbocycles. The van der Waals surface area contributed by atoms with Crippen molar-refractivity contribution < 1.29 is 13.2 Å². The fraction of sp³-hybridized carbons (Fsp3) is 0.333. The lowest BCUT2D eigenvalue weighted by Crippen LogP contribution is -2.43. The molecular formula is C18H18F3N3S. The molecule has 2 aromatic heterocycles. The monoisotopic (exact) mass is 365 g/mol. The maximum Gasteiger partial charge on any atom is 0.431 e. The van der Waals surface area contributed by atoms with E-state index in [1.807, 2.05) is 29.6 Å². The molecule has 1 fully saturated rings. The Morgan fingerprint density at radius 1 is 1.08 bits per heavy atom. The highest BCUT2D eigenvalue weighted by Crippen LogP contribution is 2.38. The maximum atomic E-state index is 13.6. The summed E-state index contributed by atoms with van der Waals surface area (Å²) in [6.45, 7) is 3.53. The highest BCUT2D eigenvalue weighted by Gasteiger charge is 2.36. The van der Waals surface area contributed by atoms with Crippen molar-refractivity contribution in [3.8, 4) is 0 Å². The van der Waals surface area contributed by atoms with Crippen LogP contribution in [0, 0.1) is 0 Å². The van der Waals surface area contributed by atoms with E-state index in [0.29, 0.717) is 10.9 Å². The molecule has 3 heterocycles. The topological polar surface area (TPSA) is 20.2 Å². The molecule has 0 aliphatic carbocycles. The summed E-state index contributed by atoms with van der Waals surface area (Å²) in [5.41, 5.74) is 0.935. The van der Waals surface area contributed by atoms with Crippen LogP contribution >= 0.6 is 11.3 Å². The number of rotatable bonds is 3. The molecule has 132 valence electrons. The maximum absolute atomic E-state index is 13.6. The smallest absolute Gasteiger partial charge is 0.368 e. The highest BCUT2D eigenvalue weighted by atomic mass is 32.1. The lowest BCUT2D eigenvalue weighted by Gasteiger charge is -2.30. The van der Waals surface area contributed by atoms with Crippen LogP contribution in [0.1, 0.15) is 10.6 Å². The highest BCUT2D eigenvalue weighted by molar-refractivity contribution is 7.09. The Hall–Kier alpha value is -1.99. The zero-order valence-corrected chi connectivity index (χ0v) is 14.3. The number of hydrogen-bond acceptors (Lipinski definition) is 3.